The Hall–Kier alpha value is -0.740. The van der Waals surface area contributed by atoms with Crippen molar-refractivity contribution < 1.29 is 22.7 Å². The Morgan fingerprint density at radius 3 is 2.57 bits per heavy atom. The molecule has 0 bridgehead atoms. The van der Waals surface area contributed by atoms with E-state index in [1.165, 1.54) is 4.31 Å². The van der Waals surface area contributed by atoms with Crippen LogP contribution in [-0.4, -0.2) is 94.0 Å². The van der Waals surface area contributed by atoms with E-state index < -0.39 is 16.1 Å². The van der Waals surface area contributed by atoms with E-state index in [4.69, 9.17) is 9.47 Å². The highest BCUT2D eigenvalue weighted by Crippen LogP contribution is 2.11. The van der Waals surface area contributed by atoms with Crippen molar-refractivity contribution in [1.29, 1.82) is 0 Å². The number of nitrogens with zero attached hydrogens (tertiary/aromatic N) is 2. The van der Waals surface area contributed by atoms with Crippen LogP contribution in [0.25, 0.3) is 0 Å². The monoisotopic (exact) mass is 349 g/mol. The zero-order valence-corrected chi connectivity index (χ0v) is 14.7. The number of morpholine rings is 1. The number of hydrogen-bond acceptors (Lipinski definition) is 6. The van der Waals surface area contributed by atoms with E-state index >= 15 is 0 Å². The van der Waals surface area contributed by atoms with Crippen LogP contribution in [0.15, 0.2) is 0 Å². The van der Waals surface area contributed by atoms with Crippen LogP contribution in [0.2, 0.25) is 0 Å². The minimum Gasteiger partial charge on any atom is -0.378 e. The molecule has 1 atom stereocenters. The van der Waals surface area contributed by atoms with Crippen LogP contribution in [0.1, 0.15) is 13.8 Å². The first-order chi connectivity index (χ1) is 10.9. The summed E-state index contributed by atoms with van der Waals surface area (Å²) in [6.45, 7) is 7.22. The van der Waals surface area contributed by atoms with Crippen molar-refractivity contribution in [1.82, 2.24) is 14.5 Å². The minimum absolute atomic E-state index is 0.0174. The van der Waals surface area contributed by atoms with Crippen LogP contribution in [0.3, 0.4) is 0 Å². The van der Waals surface area contributed by atoms with E-state index in [9.17, 15) is 13.2 Å². The largest absolute Gasteiger partial charge is 0.378 e. The summed E-state index contributed by atoms with van der Waals surface area (Å²) in [5.74, 6) is -0.0770. The highest BCUT2D eigenvalue weighted by Gasteiger charge is 2.32. The van der Waals surface area contributed by atoms with Crippen LogP contribution >= 0.6 is 0 Å². The number of amides is 1. The predicted octanol–water partition coefficient (Wildman–Crippen LogP) is -1.13. The molecular formula is C14H27N3O5S. The Morgan fingerprint density at radius 1 is 1.30 bits per heavy atom. The van der Waals surface area contributed by atoms with Crippen molar-refractivity contribution in [3.05, 3.63) is 0 Å². The maximum absolute atomic E-state index is 12.3. The number of sulfonamides is 1. The smallest absolute Gasteiger partial charge is 0.253 e. The van der Waals surface area contributed by atoms with Crippen LogP contribution in [-0.2, 0) is 24.3 Å². The Labute approximate surface area is 138 Å². The number of ether oxygens (including phenoxy) is 2. The van der Waals surface area contributed by atoms with Gasteiger partial charge in [-0.25, -0.2) is 8.42 Å². The van der Waals surface area contributed by atoms with Gasteiger partial charge in [0.05, 0.1) is 25.1 Å². The van der Waals surface area contributed by atoms with Crippen molar-refractivity contribution in [2.24, 2.45) is 0 Å². The molecule has 23 heavy (non-hydrogen) atoms. The van der Waals surface area contributed by atoms with Gasteiger partial charge in [-0.1, -0.05) is 0 Å². The molecule has 2 saturated heterocycles. The fraction of sp³-hybridized carbons (Fsp3) is 0.929. The van der Waals surface area contributed by atoms with E-state index in [0.29, 0.717) is 39.3 Å². The van der Waals surface area contributed by atoms with Gasteiger partial charge in [0.25, 0.3) is 5.91 Å². The molecule has 0 radical (unpaired) electrons. The molecular weight excluding hydrogens is 322 g/mol. The van der Waals surface area contributed by atoms with E-state index in [1.807, 2.05) is 13.8 Å². The van der Waals surface area contributed by atoms with E-state index in [-0.39, 0.29) is 24.4 Å². The van der Waals surface area contributed by atoms with Gasteiger partial charge in [0.15, 0.2) is 0 Å². The Morgan fingerprint density at radius 2 is 2.00 bits per heavy atom. The number of carbonyl (C=O) groups excluding carboxylic acids is 1. The summed E-state index contributed by atoms with van der Waals surface area (Å²) in [7, 11) is -3.33. The molecule has 2 rings (SSSR count). The second-order valence-electron chi connectivity index (χ2n) is 6.02. The maximum atomic E-state index is 12.3. The van der Waals surface area contributed by atoms with Gasteiger partial charge in [-0.3, -0.25) is 4.79 Å². The van der Waals surface area contributed by atoms with Crippen molar-refractivity contribution in [3.63, 3.8) is 0 Å². The quantitative estimate of drug-likeness (QED) is 0.653. The molecule has 1 amide bonds. The molecule has 8 nitrogen and oxygen atoms in total. The number of carbonyl (C=O) groups is 1. The highest BCUT2D eigenvalue weighted by molar-refractivity contribution is 7.89. The van der Waals surface area contributed by atoms with Gasteiger partial charge in [-0.15, -0.1) is 0 Å². The third-order valence-electron chi connectivity index (χ3n) is 3.94. The molecule has 0 aliphatic carbocycles. The van der Waals surface area contributed by atoms with Gasteiger partial charge >= 0.3 is 0 Å². The third-order valence-corrected chi connectivity index (χ3v) is 5.77. The number of nitrogens with one attached hydrogen (secondary N) is 1. The summed E-state index contributed by atoms with van der Waals surface area (Å²) in [6.07, 6.45) is -0.435. The fourth-order valence-corrected chi connectivity index (χ4v) is 3.92. The normalized spacial score (nSPS) is 24.1. The topological polar surface area (TPSA) is 88.2 Å². The summed E-state index contributed by atoms with van der Waals surface area (Å²) in [6, 6.07) is 0. The number of piperazine rings is 1. The van der Waals surface area contributed by atoms with E-state index in [0.717, 1.165) is 6.54 Å². The second kappa shape index (κ2) is 8.39. The maximum Gasteiger partial charge on any atom is 0.253 e. The Kier molecular flexibility index (Phi) is 6.78. The first kappa shape index (κ1) is 18.6. The lowest BCUT2D eigenvalue weighted by molar-refractivity contribution is -0.146. The van der Waals surface area contributed by atoms with Gasteiger partial charge in [0.1, 0.15) is 6.10 Å². The summed E-state index contributed by atoms with van der Waals surface area (Å²) in [5, 5.41) is 3.13. The molecule has 0 spiro atoms. The van der Waals surface area contributed by atoms with E-state index in [1.54, 1.807) is 4.90 Å². The summed E-state index contributed by atoms with van der Waals surface area (Å²) in [5.41, 5.74) is 0. The second-order valence-corrected chi connectivity index (χ2v) is 8.11. The lowest BCUT2D eigenvalue weighted by Crippen LogP contribution is -2.56. The molecule has 2 aliphatic rings. The zero-order chi connectivity index (χ0) is 16.9. The lowest BCUT2D eigenvalue weighted by Gasteiger charge is -2.36. The van der Waals surface area contributed by atoms with Crippen molar-refractivity contribution in [2.45, 2.75) is 26.1 Å². The van der Waals surface area contributed by atoms with Crippen LogP contribution in [0.5, 0.6) is 0 Å². The molecule has 2 fully saturated rings. The standard InChI is InChI=1S/C14H27N3O5S/c1-12(2)21-9-10-23(19,20)17-6-4-16(5-7-17)14(18)13-11-15-3-8-22-13/h12-13,15H,3-11H2,1-2H3. The summed E-state index contributed by atoms with van der Waals surface area (Å²) in [4.78, 5) is 14.0. The average Bonchev–Trinajstić information content (AvgIpc) is 2.54. The van der Waals surface area contributed by atoms with Gasteiger partial charge in [-0.2, -0.15) is 4.31 Å². The molecule has 1 unspecified atom stereocenters. The first-order valence-corrected chi connectivity index (χ1v) is 9.71. The third kappa shape index (κ3) is 5.39. The summed E-state index contributed by atoms with van der Waals surface area (Å²) >= 11 is 0. The molecule has 0 aromatic carbocycles. The van der Waals surface area contributed by atoms with Crippen LogP contribution in [0, 0.1) is 0 Å². The highest BCUT2D eigenvalue weighted by atomic mass is 32.2. The van der Waals surface area contributed by atoms with Gasteiger partial charge in [0.2, 0.25) is 10.0 Å². The number of rotatable bonds is 6. The fourth-order valence-electron chi connectivity index (χ4n) is 2.63. The number of hydrogen-bond donors (Lipinski definition) is 1. The molecule has 134 valence electrons. The molecule has 9 heteroatoms. The van der Waals surface area contributed by atoms with Crippen LogP contribution < -0.4 is 5.32 Å². The SMILES string of the molecule is CC(C)OCCS(=O)(=O)N1CCN(C(=O)C2CNCCO2)CC1. The Bertz CT molecular complexity index is 483. The molecule has 0 aromatic heterocycles. The molecule has 0 saturated carbocycles. The van der Waals surface area contributed by atoms with Gasteiger partial charge in [-0.05, 0) is 13.8 Å². The van der Waals surface area contributed by atoms with Crippen molar-refractivity contribution >= 4 is 15.9 Å². The molecule has 2 aliphatic heterocycles. The van der Waals surface area contributed by atoms with Gasteiger partial charge in [0, 0.05) is 39.3 Å². The van der Waals surface area contributed by atoms with Crippen LogP contribution in [0.4, 0.5) is 0 Å². The van der Waals surface area contributed by atoms with E-state index in [2.05, 4.69) is 5.32 Å². The molecule has 0 aromatic rings. The summed E-state index contributed by atoms with van der Waals surface area (Å²) < 4.78 is 36.7. The van der Waals surface area contributed by atoms with Gasteiger partial charge < -0.3 is 19.7 Å². The average molecular weight is 349 g/mol. The molecule has 2 heterocycles. The lowest BCUT2D eigenvalue weighted by atomic mass is 10.2. The first-order valence-electron chi connectivity index (χ1n) is 8.10. The van der Waals surface area contributed by atoms with Crippen molar-refractivity contribution in [2.75, 3.05) is 58.2 Å². The zero-order valence-electron chi connectivity index (χ0n) is 13.9. The predicted molar refractivity (Wildman–Crippen MR) is 85.6 cm³/mol. The van der Waals surface area contributed by atoms with Crippen molar-refractivity contribution in [3.8, 4) is 0 Å². The minimum atomic E-state index is -3.33. The Balaban J connectivity index is 1.79. The molecule has 1 N–H and O–H groups in total.